The molecule has 306 valence electrons. The Hall–Kier alpha value is -7.59. The Bertz CT molecular complexity index is 3750. The predicted molar refractivity (Wildman–Crippen MR) is 272 cm³/mol. The standard InChI is InChI=1S/C62H42N2S/c1-61(2)47-24-9-7-22-44(47)60-51(61)28-17-31-56(60)64(40-34-36-55-46(38-40)42-21-8-13-30-53(42)63(55)39-18-4-3-5-19-39)54-37-35-43-41-20-6-10-25-48(41)62(52-29-16-23-45(54)59(43)52)49-26-11-14-32-57(49)65-58-33-15-12-27-50(58)62/h3-38H,1-2H3. The van der Waals surface area contributed by atoms with Gasteiger partial charge in [0.25, 0.3) is 0 Å². The van der Waals surface area contributed by atoms with Crippen molar-refractivity contribution in [1.29, 1.82) is 0 Å². The van der Waals surface area contributed by atoms with Crippen LogP contribution in [0.15, 0.2) is 228 Å². The van der Waals surface area contributed by atoms with Crippen LogP contribution in [0.2, 0.25) is 0 Å². The molecule has 0 atom stereocenters. The van der Waals surface area contributed by atoms with Gasteiger partial charge in [0, 0.05) is 48.3 Å². The van der Waals surface area contributed by atoms with E-state index in [0.29, 0.717) is 0 Å². The van der Waals surface area contributed by atoms with E-state index in [1.54, 1.807) is 0 Å². The van der Waals surface area contributed by atoms with E-state index < -0.39 is 5.41 Å². The second kappa shape index (κ2) is 13.5. The quantitative estimate of drug-likeness (QED) is 0.174. The number of fused-ring (bicyclic) bond motifs is 14. The topological polar surface area (TPSA) is 8.17 Å². The molecule has 0 saturated carbocycles. The zero-order valence-electron chi connectivity index (χ0n) is 36.1. The summed E-state index contributed by atoms with van der Waals surface area (Å²) in [6.07, 6.45) is 0. The second-order valence-electron chi connectivity index (χ2n) is 18.3. The van der Waals surface area contributed by atoms with Gasteiger partial charge in [-0.2, -0.15) is 0 Å². The highest BCUT2D eigenvalue weighted by atomic mass is 32.2. The van der Waals surface area contributed by atoms with Crippen molar-refractivity contribution in [3.05, 3.63) is 252 Å². The van der Waals surface area contributed by atoms with Gasteiger partial charge in [0.2, 0.25) is 0 Å². The first-order valence-corrected chi connectivity index (χ1v) is 23.5. The Balaban J connectivity index is 1.11. The van der Waals surface area contributed by atoms with Crippen LogP contribution < -0.4 is 4.90 Å². The van der Waals surface area contributed by atoms with Gasteiger partial charge < -0.3 is 9.47 Å². The van der Waals surface area contributed by atoms with Gasteiger partial charge in [-0.05, 0) is 116 Å². The van der Waals surface area contributed by atoms with Crippen LogP contribution in [0.4, 0.5) is 17.1 Å². The second-order valence-corrected chi connectivity index (χ2v) is 19.4. The maximum absolute atomic E-state index is 2.58. The molecule has 0 amide bonds. The average Bonchev–Trinajstić information content (AvgIpc) is 3.81. The van der Waals surface area contributed by atoms with E-state index in [1.165, 1.54) is 104 Å². The number of para-hydroxylation sites is 2. The molecule has 10 aromatic carbocycles. The molecule has 11 aromatic rings. The van der Waals surface area contributed by atoms with Crippen molar-refractivity contribution in [2.24, 2.45) is 0 Å². The summed E-state index contributed by atoms with van der Waals surface area (Å²) >= 11 is 1.90. The number of anilines is 3. The van der Waals surface area contributed by atoms with Gasteiger partial charge >= 0.3 is 0 Å². The van der Waals surface area contributed by atoms with Crippen LogP contribution in [0.1, 0.15) is 47.2 Å². The van der Waals surface area contributed by atoms with Gasteiger partial charge in [-0.25, -0.2) is 0 Å². The van der Waals surface area contributed by atoms with E-state index in [4.69, 9.17) is 0 Å². The highest BCUT2D eigenvalue weighted by Crippen LogP contribution is 2.62. The molecule has 0 radical (unpaired) electrons. The van der Waals surface area contributed by atoms with Crippen LogP contribution in [0.25, 0.3) is 60.5 Å². The molecule has 3 aliphatic rings. The highest BCUT2D eigenvalue weighted by molar-refractivity contribution is 7.99. The van der Waals surface area contributed by atoms with Crippen molar-refractivity contribution in [2.75, 3.05) is 4.90 Å². The van der Waals surface area contributed by atoms with Crippen molar-refractivity contribution in [3.8, 4) is 27.9 Å². The smallest absolute Gasteiger partial charge is 0.0735 e. The fraction of sp³-hybridized carbons (Fsp3) is 0.0645. The van der Waals surface area contributed by atoms with Crippen LogP contribution in [0.5, 0.6) is 0 Å². The zero-order chi connectivity index (χ0) is 43.0. The largest absolute Gasteiger partial charge is 0.309 e. The van der Waals surface area contributed by atoms with Crippen LogP contribution >= 0.6 is 11.8 Å². The molecular formula is C62H42N2S. The number of aromatic nitrogens is 1. The van der Waals surface area contributed by atoms with Crippen molar-refractivity contribution in [2.45, 2.75) is 34.5 Å². The summed E-state index contributed by atoms with van der Waals surface area (Å²) < 4.78 is 2.41. The molecule has 3 heteroatoms. The van der Waals surface area contributed by atoms with Gasteiger partial charge in [-0.3, -0.25) is 0 Å². The Morgan fingerprint density at radius 2 is 1.00 bits per heavy atom. The molecule has 0 fully saturated rings. The fourth-order valence-corrected chi connectivity index (χ4v) is 13.4. The van der Waals surface area contributed by atoms with Crippen molar-refractivity contribution < 1.29 is 0 Å². The molecular weight excluding hydrogens is 805 g/mol. The number of nitrogens with zero attached hydrogens (tertiary/aromatic N) is 2. The third kappa shape index (κ3) is 4.86. The van der Waals surface area contributed by atoms with Crippen molar-refractivity contribution >= 4 is 61.4 Å². The minimum atomic E-state index is -0.514. The zero-order valence-corrected chi connectivity index (χ0v) is 36.9. The number of rotatable bonds is 4. The molecule has 2 aliphatic carbocycles. The first-order chi connectivity index (χ1) is 32.0. The van der Waals surface area contributed by atoms with Crippen LogP contribution in [0, 0.1) is 0 Å². The van der Waals surface area contributed by atoms with Crippen LogP contribution in [-0.4, -0.2) is 4.57 Å². The third-order valence-corrected chi connectivity index (χ3v) is 16.0. The molecule has 14 rings (SSSR count). The minimum absolute atomic E-state index is 0.156. The molecule has 1 aromatic heterocycles. The third-order valence-electron chi connectivity index (χ3n) is 14.8. The normalized spacial score (nSPS) is 14.5. The molecule has 0 N–H and O–H groups in total. The summed E-state index contributed by atoms with van der Waals surface area (Å²) in [7, 11) is 0. The summed E-state index contributed by atoms with van der Waals surface area (Å²) in [5.41, 5.74) is 19.6. The van der Waals surface area contributed by atoms with Gasteiger partial charge in [0.15, 0.2) is 0 Å². The highest BCUT2D eigenvalue weighted by Gasteiger charge is 2.49. The maximum atomic E-state index is 2.58. The summed E-state index contributed by atoms with van der Waals surface area (Å²) in [5.74, 6) is 0. The van der Waals surface area contributed by atoms with E-state index in [1.807, 2.05) is 11.8 Å². The Morgan fingerprint density at radius 3 is 1.80 bits per heavy atom. The molecule has 2 nitrogen and oxygen atoms in total. The molecule has 0 unspecified atom stereocenters. The molecule has 2 heterocycles. The van der Waals surface area contributed by atoms with Crippen LogP contribution in [0.3, 0.4) is 0 Å². The maximum Gasteiger partial charge on any atom is 0.0735 e. The van der Waals surface area contributed by atoms with E-state index in [-0.39, 0.29) is 5.41 Å². The van der Waals surface area contributed by atoms with E-state index in [9.17, 15) is 0 Å². The van der Waals surface area contributed by atoms with Gasteiger partial charge in [-0.15, -0.1) is 0 Å². The summed E-state index contributed by atoms with van der Waals surface area (Å²) in [6, 6.07) is 82.1. The minimum Gasteiger partial charge on any atom is -0.309 e. The molecule has 0 bridgehead atoms. The Labute approximate surface area is 383 Å². The van der Waals surface area contributed by atoms with E-state index in [0.717, 1.165) is 17.1 Å². The lowest BCUT2D eigenvalue weighted by atomic mass is 9.59. The lowest BCUT2D eigenvalue weighted by Crippen LogP contribution is -2.36. The number of benzene rings is 10. The summed E-state index contributed by atoms with van der Waals surface area (Å²) in [5, 5.41) is 5.00. The van der Waals surface area contributed by atoms with Gasteiger partial charge in [-0.1, -0.05) is 183 Å². The van der Waals surface area contributed by atoms with E-state index in [2.05, 4.69) is 242 Å². The Kier molecular flexibility index (Phi) is 7.63. The molecule has 1 spiro atoms. The summed E-state index contributed by atoms with van der Waals surface area (Å²) in [6.45, 7) is 4.77. The number of hydrogen-bond acceptors (Lipinski definition) is 2. The lowest BCUT2D eigenvalue weighted by molar-refractivity contribution is 0.660. The van der Waals surface area contributed by atoms with E-state index >= 15 is 0 Å². The number of hydrogen-bond donors (Lipinski definition) is 0. The first-order valence-electron chi connectivity index (χ1n) is 22.7. The first kappa shape index (κ1) is 36.8. The van der Waals surface area contributed by atoms with Crippen molar-refractivity contribution in [3.63, 3.8) is 0 Å². The van der Waals surface area contributed by atoms with Crippen LogP contribution in [-0.2, 0) is 10.8 Å². The molecule has 0 saturated heterocycles. The average molecular weight is 847 g/mol. The van der Waals surface area contributed by atoms with Gasteiger partial charge in [0.1, 0.15) is 0 Å². The van der Waals surface area contributed by atoms with Gasteiger partial charge in [0.05, 0.1) is 27.8 Å². The monoisotopic (exact) mass is 846 g/mol. The Morgan fingerprint density at radius 1 is 0.400 bits per heavy atom. The summed E-state index contributed by atoms with van der Waals surface area (Å²) in [4.78, 5) is 5.20. The van der Waals surface area contributed by atoms with Crippen molar-refractivity contribution in [1.82, 2.24) is 4.57 Å². The fourth-order valence-electron chi connectivity index (χ4n) is 12.2. The predicted octanol–water partition coefficient (Wildman–Crippen LogP) is 16.5. The SMILES string of the molecule is CC1(C)c2ccccc2-c2c(N(c3ccc4c(c3)c3ccccc3n4-c3ccccc3)c3ccc4c5c(cccc35)C3(c5ccccc5Sc5ccccc53)c3ccccc3-4)cccc21. The molecule has 1 aliphatic heterocycles. The lowest BCUT2D eigenvalue weighted by Gasteiger charge is -2.46. The molecule has 65 heavy (non-hydrogen) atoms.